The molecule has 0 aliphatic carbocycles. The Labute approximate surface area is 292 Å². The van der Waals surface area contributed by atoms with Crippen molar-refractivity contribution in [2.24, 2.45) is 0 Å². The number of halogens is 1. The molecule has 0 fully saturated rings. The maximum atomic E-state index is 6.20. The van der Waals surface area contributed by atoms with Crippen LogP contribution in [0.25, 0.3) is 0 Å². The van der Waals surface area contributed by atoms with Crippen molar-refractivity contribution in [3.05, 3.63) is 89.7 Å². The third kappa shape index (κ3) is 14.6. The zero-order chi connectivity index (χ0) is 31.4. The number of ether oxygens (including phenoxy) is 2. The van der Waals surface area contributed by atoms with Crippen LogP contribution in [0.2, 0.25) is 0 Å². The van der Waals surface area contributed by atoms with Crippen LogP contribution in [0.4, 0.5) is 0 Å². The molecule has 0 unspecified atom stereocenters. The molecule has 0 aliphatic rings. The quantitative estimate of drug-likeness (QED) is 0.0524. The summed E-state index contributed by atoms with van der Waals surface area (Å²) >= 11 is 3.30. The number of unbranched alkanes of at least 4 members (excludes halogenated alkanes) is 14. The van der Waals surface area contributed by atoms with Gasteiger partial charge in [-0.1, -0.05) is 151 Å². The highest BCUT2D eigenvalue weighted by molar-refractivity contribution is 7.12. The molecule has 2 aromatic heterocycles. The van der Waals surface area contributed by atoms with Crippen LogP contribution in [0.3, 0.4) is 0 Å². The lowest BCUT2D eigenvalue weighted by Crippen LogP contribution is -3.61. The average molecular weight is 758 g/mol. The van der Waals surface area contributed by atoms with Crippen LogP contribution in [0.1, 0.15) is 128 Å². The van der Waals surface area contributed by atoms with Crippen molar-refractivity contribution in [1.29, 1.82) is 0 Å². The summed E-state index contributed by atoms with van der Waals surface area (Å²) in [5, 5.41) is 1.95. The molecule has 0 aliphatic heterocycles. The zero-order valence-corrected chi connectivity index (χ0v) is 31.5. The van der Waals surface area contributed by atoms with Crippen molar-refractivity contribution in [3.63, 3.8) is 0 Å². The van der Waals surface area contributed by atoms with Gasteiger partial charge in [-0.3, -0.25) is 0 Å². The molecule has 0 bridgehead atoms. The Balaban J connectivity index is 1.12. The summed E-state index contributed by atoms with van der Waals surface area (Å²) in [6.07, 6.45) is 24.2. The van der Waals surface area contributed by atoms with E-state index in [0.717, 1.165) is 21.6 Å². The van der Waals surface area contributed by atoms with Crippen LogP contribution in [-0.2, 0) is 12.8 Å². The Kier molecular flexibility index (Phi) is 17.5. The Bertz CT molecular complexity index is 1210. The first-order valence-electron chi connectivity index (χ1n) is 17.6. The second-order valence-corrected chi connectivity index (χ2v) is 18.6. The maximum Gasteiger partial charge on any atom is 0.381 e. The van der Waals surface area contributed by atoms with Gasteiger partial charge in [-0.15, -0.1) is 0 Å². The fourth-order valence-electron chi connectivity index (χ4n) is 5.51. The van der Waals surface area contributed by atoms with Gasteiger partial charge in [0.15, 0.2) is 10.1 Å². The van der Waals surface area contributed by atoms with Gasteiger partial charge in [-0.05, 0) is 73.2 Å². The molecule has 244 valence electrons. The topological polar surface area (TPSA) is 18.5 Å². The highest BCUT2D eigenvalue weighted by atomic mass is 127. The van der Waals surface area contributed by atoms with Crippen LogP contribution < -0.4 is 30.7 Å². The molecule has 0 amide bonds. The summed E-state index contributed by atoms with van der Waals surface area (Å²) in [7, 11) is 0. The third-order valence-corrected chi connectivity index (χ3v) is 13.8. The normalized spacial score (nSPS) is 11.2. The highest BCUT2D eigenvalue weighted by Crippen LogP contribution is 2.28. The smallest absolute Gasteiger partial charge is 0.381 e. The van der Waals surface area contributed by atoms with Crippen molar-refractivity contribution < 1.29 is 30.7 Å². The first-order chi connectivity index (χ1) is 22.2. The summed E-state index contributed by atoms with van der Waals surface area (Å²) in [6.45, 7) is 4.57. The number of hydrogen-bond donors (Lipinski definition) is 0. The molecular weight excluding hydrogens is 703 g/mol. The predicted molar refractivity (Wildman–Crippen MR) is 192 cm³/mol. The number of benzene rings is 2. The monoisotopic (exact) mass is 757 g/mol. The molecule has 45 heavy (non-hydrogen) atoms. The van der Waals surface area contributed by atoms with Crippen molar-refractivity contribution in [1.82, 2.24) is 0 Å². The van der Waals surface area contributed by atoms with Gasteiger partial charge in [-0.25, -0.2) is 0 Å². The molecule has 2 nitrogen and oxygen atoms in total. The van der Waals surface area contributed by atoms with Gasteiger partial charge >= 0.3 is 21.2 Å². The standard InChI is InChI=1S/C40H54IO2S2/c1-3-5-7-9-11-13-15-17-19-33-21-25-35(26-22-33)42-39-31-29-37(44-39)41-38-30-32-40(45-38)43-36-27-23-34(24-28-36)20-18-16-14-12-10-8-6-4-2/h21-32H,3-20H2,1-2H3/q+1. The van der Waals surface area contributed by atoms with Gasteiger partial charge in [0.25, 0.3) is 5.77 Å². The summed E-state index contributed by atoms with van der Waals surface area (Å²) in [5.41, 5.74) is 2.83. The largest absolute Gasteiger partial charge is 0.447 e. The minimum atomic E-state index is -0.247. The lowest BCUT2D eigenvalue weighted by molar-refractivity contribution is -0.585. The van der Waals surface area contributed by atoms with Crippen LogP contribution in [0, 0.1) is 5.77 Å². The first-order valence-corrected chi connectivity index (χ1v) is 21.4. The third-order valence-electron chi connectivity index (χ3n) is 8.20. The fraction of sp³-hybridized carbons (Fsp3) is 0.500. The second kappa shape index (κ2) is 21.9. The molecule has 0 N–H and O–H groups in total. The van der Waals surface area contributed by atoms with Crippen LogP contribution >= 0.6 is 22.7 Å². The SMILES string of the molecule is CCCCCCCCCCc1ccc(Oc2ccc([I+]c3ccc(Oc4ccc(CCCCCCCCCC)cc4)s3)s2)cc1. The molecule has 0 saturated heterocycles. The minimum Gasteiger partial charge on any atom is -0.447 e. The van der Waals surface area contributed by atoms with Gasteiger partial charge in [0.1, 0.15) is 11.5 Å². The Morgan fingerprint density at radius 2 is 0.778 bits per heavy atom. The summed E-state index contributed by atoms with van der Waals surface area (Å²) < 4.78 is 15.2. The van der Waals surface area contributed by atoms with E-state index in [1.807, 2.05) is 0 Å². The van der Waals surface area contributed by atoms with E-state index in [0.29, 0.717) is 0 Å². The predicted octanol–water partition coefficient (Wildman–Crippen LogP) is 10.9. The molecule has 4 aromatic rings. The van der Waals surface area contributed by atoms with Crippen molar-refractivity contribution >= 4 is 22.7 Å². The number of rotatable bonds is 24. The van der Waals surface area contributed by atoms with Crippen molar-refractivity contribution in [2.45, 2.75) is 129 Å². The Hall–Kier alpha value is -1.83. The van der Waals surface area contributed by atoms with Gasteiger partial charge in [0.2, 0.25) is 0 Å². The Morgan fingerprint density at radius 1 is 0.422 bits per heavy atom. The summed E-state index contributed by atoms with van der Waals surface area (Å²) in [6, 6.07) is 26.1. The molecule has 0 atom stereocenters. The average Bonchev–Trinajstić information content (AvgIpc) is 3.70. The molecule has 0 radical (unpaired) electrons. The second-order valence-electron chi connectivity index (χ2n) is 12.2. The number of hydrogen-bond acceptors (Lipinski definition) is 4. The van der Waals surface area contributed by atoms with Crippen molar-refractivity contribution in [2.75, 3.05) is 0 Å². The number of thiophene rings is 2. The van der Waals surface area contributed by atoms with Crippen LogP contribution in [0.15, 0.2) is 72.8 Å². The van der Waals surface area contributed by atoms with Crippen molar-refractivity contribution in [3.8, 4) is 21.6 Å². The minimum absolute atomic E-state index is 0.247. The molecule has 0 saturated carbocycles. The molecule has 2 heterocycles. The summed E-state index contributed by atoms with van der Waals surface area (Å²) in [5.74, 6) is 1.86. The molecule has 4 rings (SSSR count). The van der Waals surface area contributed by atoms with E-state index >= 15 is 0 Å². The summed E-state index contributed by atoms with van der Waals surface area (Å²) in [4.78, 5) is 0. The van der Waals surface area contributed by atoms with E-state index in [1.165, 1.54) is 132 Å². The van der Waals surface area contributed by atoms with Gasteiger partial charge in [0, 0.05) is 12.1 Å². The highest BCUT2D eigenvalue weighted by Gasteiger charge is 2.22. The lowest BCUT2D eigenvalue weighted by Gasteiger charge is -2.05. The zero-order valence-electron chi connectivity index (χ0n) is 27.7. The Morgan fingerprint density at radius 3 is 1.16 bits per heavy atom. The lowest BCUT2D eigenvalue weighted by atomic mass is 10.0. The first kappa shape index (κ1) is 36.0. The van der Waals surface area contributed by atoms with Gasteiger partial charge < -0.3 is 9.47 Å². The van der Waals surface area contributed by atoms with Crippen LogP contribution in [-0.4, -0.2) is 0 Å². The molecule has 5 heteroatoms. The van der Waals surface area contributed by atoms with E-state index in [4.69, 9.17) is 9.47 Å². The molecular formula is C40H54IO2S2+. The van der Waals surface area contributed by atoms with Gasteiger partial charge in [-0.2, -0.15) is 0 Å². The fourth-order valence-corrected chi connectivity index (χ4v) is 11.4. The van der Waals surface area contributed by atoms with E-state index in [1.54, 1.807) is 22.7 Å². The number of aryl methyl sites for hydroxylation is 2. The van der Waals surface area contributed by atoms with E-state index in [-0.39, 0.29) is 21.2 Å². The van der Waals surface area contributed by atoms with E-state index in [2.05, 4.69) is 86.6 Å². The van der Waals surface area contributed by atoms with Crippen LogP contribution in [0.5, 0.6) is 21.6 Å². The van der Waals surface area contributed by atoms with E-state index in [9.17, 15) is 0 Å². The van der Waals surface area contributed by atoms with Gasteiger partial charge in [0.05, 0.1) is 0 Å². The van der Waals surface area contributed by atoms with E-state index < -0.39 is 0 Å². The maximum absolute atomic E-state index is 6.20. The molecule has 0 spiro atoms. The molecule has 2 aromatic carbocycles.